The number of carboxylic acids is 1. The number of ether oxygens (including phenoxy) is 6. The van der Waals surface area contributed by atoms with Crippen molar-refractivity contribution in [3.8, 4) is 11.5 Å². The van der Waals surface area contributed by atoms with Crippen molar-refractivity contribution in [2.75, 3.05) is 38.7 Å². The van der Waals surface area contributed by atoms with Crippen molar-refractivity contribution >= 4 is 66.3 Å². The second-order valence-corrected chi connectivity index (χ2v) is 12.5. The highest BCUT2D eigenvalue weighted by atomic mass is 127. The van der Waals surface area contributed by atoms with Crippen LogP contribution in [0.5, 0.6) is 11.5 Å². The van der Waals surface area contributed by atoms with Gasteiger partial charge in [0.05, 0.1) is 35.8 Å². The Hall–Kier alpha value is -3.98. The van der Waals surface area contributed by atoms with Crippen LogP contribution in [0.2, 0.25) is 0 Å². The Labute approximate surface area is 296 Å². The number of rotatable bonds is 19. The number of carbonyl (C=O) groups excluding carboxylic acids is 5. The number of carboxylic acid groups (broad SMARTS) is 1. The lowest BCUT2D eigenvalue weighted by atomic mass is 10.2. The molecule has 2 aliphatic rings. The van der Waals surface area contributed by atoms with Crippen LogP contribution in [0.1, 0.15) is 12.0 Å². The molecule has 0 aromatic heterocycles. The van der Waals surface area contributed by atoms with E-state index in [0.29, 0.717) is 0 Å². The molecule has 0 radical (unpaired) electrons. The molecule has 0 saturated carbocycles. The summed E-state index contributed by atoms with van der Waals surface area (Å²) in [5, 5.41) is 33.4. The molecule has 0 spiro atoms. The van der Waals surface area contributed by atoms with Gasteiger partial charge in [0.15, 0.2) is 12.4 Å². The normalized spacial score (nSPS) is 21.0. The van der Waals surface area contributed by atoms with E-state index in [0.717, 1.165) is 17.1 Å². The Morgan fingerprint density at radius 1 is 1.04 bits per heavy atom. The molecule has 2 aliphatic heterocycles. The first-order valence-electron chi connectivity index (χ1n) is 14.3. The van der Waals surface area contributed by atoms with E-state index in [2.05, 4.69) is 10.6 Å². The van der Waals surface area contributed by atoms with Gasteiger partial charge in [-0.05, 0) is 12.1 Å². The molecule has 6 N–H and O–H groups in total. The first-order chi connectivity index (χ1) is 23.5. The van der Waals surface area contributed by atoms with Crippen LogP contribution in [0.25, 0.3) is 0 Å². The molecule has 1 aromatic rings. The third-order valence-electron chi connectivity index (χ3n) is 6.49. The lowest BCUT2D eigenvalue weighted by Gasteiger charge is -2.34. The Bertz CT molecular complexity index is 1550. The number of hydrogen-bond acceptors (Lipinski definition) is 16. The van der Waals surface area contributed by atoms with Crippen LogP contribution >= 0.6 is 22.6 Å². The molecule has 0 aliphatic carbocycles. The molecule has 4 amide bonds. The van der Waals surface area contributed by atoms with Gasteiger partial charge in [0.1, 0.15) is 42.6 Å². The molecular formula is C27H32IN3O18S. The van der Waals surface area contributed by atoms with E-state index >= 15 is 0 Å². The summed E-state index contributed by atoms with van der Waals surface area (Å²) in [6.07, 6.45) is -4.12. The van der Waals surface area contributed by atoms with Gasteiger partial charge in [0.2, 0.25) is 11.8 Å². The summed E-state index contributed by atoms with van der Waals surface area (Å²) < 4.78 is 62.9. The zero-order chi connectivity index (χ0) is 37.0. The number of hydrogen-bond donors (Lipinski definition) is 6. The van der Waals surface area contributed by atoms with Crippen molar-refractivity contribution in [2.45, 2.75) is 44.0 Å². The van der Waals surface area contributed by atoms with Crippen LogP contribution in [0.15, 0.2) is 30.4 Å². The standard InChI is InChI=1S/C27H32IN3O18S/c28-26(40)46-12-14-1-2-15(11-17(14)47-27-48-22(24(37)38)21(35)25(39)49-27)45-10-9-44-8-6-29-23(36)16(13-50(41,42)43)30-18(32)5-7-31-19(33)3-4-20(31)34/h1-4,11,16,21-22,25,27,35,39H,5-10,12-13H2,(H,29,36)(H,30,32)(H,37,38)(H,41,42,43)/t16-,21+,22-,25+,27+/m0/s1. The molecule has 2 heterocycles. The van der Waals surface area contributed by atoms with Gasteiger partial charge in [0, 0.05) is 43.3 Å². The second-order valence-electron chi connectivity index (χ2n) is 10.1. The predicted molar refractivity (Wildman–Crippen MR) is 169 cm³/mol. The SMILES string of the molecule is O=C(CCN1C(=O)C=CC1=O)N[C@@H](CS(=O)(=O)O)C(=O)NCCOCCOc1ccc(COC(=O)I)c(O[C@H]2O[C@@H](O)[C@H](O)[C@@H](C(=O)O)O2)c1. The number of benzene rings is 1. The maximum Gasteiger partial charge on any atom is 0.367 e. The summed E-state index contributed by atoms with van der Waals surface area (Å²) >= 11 is 1.40. The van der Waals surface area contributed by atoms with Crippen LogP contribution in [-0.2, 0) is 59.6 Å². The summed E-state index contributed by atoms with van der Waals surface area (Å²) in [6, 6.07) is 2.55. The quantitative estimate of drug-likeness (QED) is 0.0283. The topological polar surface area (TPSA) is 300 Å². The molecule has 0 bridgehead atoms. The highest BCUT2D eigenvalue weighted by molar-refractivity contribution is 14.1. The fourth-order valence-electron chi connectivity index (χ4n) is 4.14. The van der Waals surface area contributed by atoms with Crippen LogP contribution in [0.4, 0.5) is 4.79 Å². The number of amides is 4. The maximum atomic E-state index is 12.5. The summed E-state index contributed by atoms with van der Waals surface area (Å²) in [6.45, 7) is -2.72. The average Bonchev–Trinajstić information content (AvgIpc) is 3.35. The van der Waals surface area contributed by atoms with Crippen molar-refractivity contribution in [1.29, 1.82) is 0 Å². The van der Waals surface area contributed by atoms with E-state index in [1.807, 2.05) is 0 Å². The van der Waals surface area contributed by atoms with Crippen LogP contribution in [0, 0.1) is 0 Å². The van der Waals surface area contributed by atoms with Gasteiger partial charge in [-0.15, -0.1) is 0 Å². The summed E-state index contributed by atoms with van der Waals surface area (Å²) in [5.74, 6) is -5.68. The summed E-state index contributed by atoms with van der Waals surface area (Å²) in [4.78, 5) is 71.5. The first-order valence-corrected chi connectivity index (χ1v) is 17.0. The molecule has 21 nitrogen and oxygen atoms in total. The van der Waals surface area contributed by atoms with Gasteiger partial charge in [0.25, 0.3) is 21.9 Å². The average molecular weight is 846 g/mol. The maximum absolute atomic E-state index is 12.5. The van der Waals surface area contributed by atoms with E-state index in [4.69, 9.17) is 28.4 Å². The monoisotopic (exact) mass is 845 g/mol. The summed E-state index contributed by atoms with van der Waals surface area (Å²) in [7, 11) is -4.71. The minimum absolute atomic E-state index is 0.0343. The molecule has 1 saturated heterocycles. The molecule has 276 valence electrons. The van der Waals surface area contributed by atoms with Gasteiger partial charge in [-0.3, -0.25) is 33.4 Å². The number of imide groups is 1. The zero-order valence-corrected chi connectivity index (χ0v) is 28.6. The minimum atomic E-state index is -4.71. The third kappa shape index (κ3) is 13.0. The van der Waals surface area contributed by atoms with Gasteiger partial charge < -0.3 is 49.6 Å². The van der Waals surface area contributed by atoms with Crippen LogP contribution < -0.4 is 20.1 Å². The molecule has 0 unspecified atom stereocenters. The first kappa shape index (κ1) is 40.4. The second kappa shape index (κ2) is 18.9. The molecule has 5 atom stereocenters. The van der Waals surface area contributed by atoms with Crippen molar-refractivity contribution in [3.05, 3.63) is 35.9 Å². The van der Waals surface area contributed by atoms with Crippen LogP contribution in [-0.4, -0.2) is 136 Å². The number of nitrogens with zero attached hydrogens (tertiary/aromatic N) is 1. The number of aliphatic hydroxyl groups is 2. The van der Waals surface area contributed by atoms with Gasteiger partial charge in [-0.1, -0.05) is 0 Å². The van der Waals surface area contributed by atoms with E-state index in [1.165, 1.54) is 40.8 Å². The fraction of sp³-hybridized carbons (Fsp3) is 0.481. The molecule has 23 heteroatoms. The minimum Gasteiger partial charge on any atom is -0.491 e. The van der Waals surface area contributed by atoms with Gasteiger partial charge in [-0.25, -0.2) is 9.59 Å². The smallest absolute Gasteiger partial charge is 0.367 e. The number of aliphatic carboxylic acids is 1. The molecule has 1 fully saturated rings. The summed E-state index contributed by atoms with van der Waals surface area (Å²) in [5.41, 5.74) is 0.270. The van der Waals surface area contributed by atoms with Crippen LogP contribution in [0.3, 0.4) is 0 Å². The zero-order valence-electron chi connectivity index (χ0n) is 25.7. The molecular weight excluding hydrogens is 813 g/mol. The van der Waals surface area contributed by atoms with Gasteiger partial charge >= 0.3 is 16.4 Å². The number of carbonyl (C=O) groups is 6. The number of halogens is 1. The van der Waals surface area contributed by atoms with Crippen molar-refractivity contribution in [2.24, 2.45) is 0 Å². The highest BCUT2D eigenvalue weighted by Crippen LogP contribution is 2.29. The Morgan fingerprint density at radius 3 is 2.38 bits per heavy atom. The molecule has 1 aromatic carbocycles. The Balaban J connectivity index is 1.47. The largest absolute Gasteiger partial charge is 0.491 e. The van der Waals surface area contributed by atoms with Crippen molar-refractivity contribution in [3.63, 3.8) is 0 Å². The van der Waals surface area contributed by atoms with E-state index < -0.39 is 86.9 Å². The Morgan fingerprint density at radius 2 is 1.74 bits per heavy atom. The third-order valence-corrected chi connectivity index (χ3v) is 7.56. The lowest BCUT2D eigenvalue weighted by Crippen LogP contribution is -2.54. The van der Waals surface area contributed by atoms with E-state index in [1.54, 1.807) is 0 Å². The van der Waals surface area contributed by atoms with Gasteiger partial charge in [-0.2, -0.15) is 8.42 Å². The number of aliphatic hydroxyl groups excluding tert-OH is 2. The van der Waals surface area contributed by atoms with E-state index in [-0.39, 0.29) is 56.6 Å². The van der Waals surface area contributed by atoms with Crippen molar-refractivity contribution in [1.82, 2.24) is 15.5 Å². The van der Waals surface area contributed by atoms with E-state index in [9.17, 15) is 57.1 Å². The molecule has 3 rings (SSSR count). The molecule has 50 heavy (non-hydrogen) atoms. The highest BCUT2D eigenvalue weighted by Gasteiger charge is 2.43. The fourth-order valence-corrected chi connectivity index (χ4v) is 4.95. The van der Waals surface area contributed by atoms with Crippen molar-refractivity contribution < 1.29 is 85.5 Å². The Kier molecular flexibility index (Phi) is 15.3. The lowest BCUT2D eigenvalue weighted by molar-refractivity contribution is -0.380. The number of nitrogens with one attached hydrogen (secondary N) is 2. The predicted octanol–water partition coefficient (Wildman–Crippen LogP) is -2.20.